The fourth-order valence-electron chi connectivity index (χ4n) is 16.1. The molecule has 4 nitrogen and oxygen atoms in total. The van der Waals surface area contributed by atoms with Gasteiger partial charge in [0.05, 0.1) is 6.17 Å². The van der Waals surface area contributed by atoms with Gasteiger partial charge in [0, 0.05) is 36.3 Å². The van der Waals surface area contributed by atoms with E-state index < -0.39 is 0 Å². The lowest BCUT2D eigenvalue weighted by molar-refractivity contribution is -0.00127. The summed E-state index contributed by atoms with van der Waals surface area (Å²) in [6, 6.07) is 5.58. The lowest BCUT2D eigenvalue weighted by Gasteiger charge is -2.50. The van der Waals surface area contributed by atoms with Crippen molar-refractivity contribution >= 4 is 0 Å². The topological polar surface area (TPSA) is 30.5 Å². The van der Waals surface area contributed by atoms with Crippen LogP contribution in [0.3, 0.4) is 0 Å². The zero-order valence-electron chi connectivity index (χ0n) is 33.5. The van der Waals surface area contributed by atoms with Crippen LogP contribution in [0.5, 0.6) is 0 Å². The quantitative estimate of drug-likeness (QED) is 0.276. The Bertz CT molecular complexity index is 1040. The van der Waals surface area contributed by atoms with E-state index in [4.69, 9.17) is 0 Å². The second-order valence-corrected chi connectivity index (χ2v) is 20.9. The molecule has 0 amide bonds. The van der Waals surface area contributed by atoms with Crippen LogP contribution < -0.4 is 10.6 Å². The summed E-state index contributed by atoms with van der Waals surface area (Å²) in [5, 5.41) is 7.61. The van der Waals surface area contributed by atoms with Crippen molar-refractivity contribution in [3.05, 3.63) is 0 Å². The van der Waals surface area contributed by atoms with Crippen molar-refractivity contribution in [1.29, 1.82) is 0 Å². The predicted molar refractivity (Wildman–Crippen MR) is 214 cm³/mol. The van der Waals surface area contributed by atoms with Crippen LogP contribution in [0.2, 0.25) is 0 Å². The van der Waals surface area contributed by atoms with Crippen LogP contribution in [0.4, 0.5) is 0 Å². The molecule has 0 radical (unpaired) electrons. The van der Waals surface area contributed by atoms with Gasteiger partial charge < -0.3 is 10.6 Å². The van der Waals surface area contributed by atoms with Crippen LogP contribution in [-0.4, -0.2) is 65.3 Å². The highest BCUT2D eigenvalue weighted by Gasteiger charge is 2.54. The maximum absolute atomic E-state index is 3.81. The van der Waals surface area contributed by atoms with Crippen molar-refractivity contribution in [2.45, 2.75) is 236 Å². The number of hydrogen-bond donors (Lipinski definition) is 2. The molecule has 2 aliphatic heterocycles. The van der Waals surface area contributed by atoms with Crippen molar-refractivity contribution in [2.24, 2.45) is 47.3 Å². The molecule has 9 fully saturated rings. The summed E-state index contributed by atoms with van der Waals surface area (Å²) in [6.07, 6.45) is 44.6. The van der Waals surface area contributed by atoms with Crippen molar-refractivity contribution in [2.75, 3.05) is 13.1 Å². The molecule has 9 rings (SSSR count). The molecule has 0 bridgehead atoms. The van der Waals surface area contributed by atoms with Crippen molar-refractivity contribution in [3.8, 4) is 0 Å². The van der Waals surface area contributed by atoms with Crippen molar-refractivity contribution in [1.82, 2.24) is 20.4 Å². The molecule has 2 heterocycles. The number of nitrogens with one attached hydrogen (secondary N) is 2. The van der Waals surface area contributed by atoms with Crippen molar-refractivity contribution in [3.63, 3.8) is 0 Å². The van der Waals surface area contributed by atoms with Gasteiger partial charge in [0.1, 0.15) is 0 Å². The molecule has 2 saturated heterocycles. The van der Waals surface area contributed by atoms with E-state index in [9.17, 15) is 0 Å². The fourth-order valence-corrected chi connectivity index (χ4v) is 16.1. The summed E-state index contributed by atoms with van der Waals surface area (Å²) in [4.78, 5) is 6.54. The summed E-state index contributed by atoms with van der Waals surface area (Å²) in [5.41, 5.74) is 0. The molecule has 7 saturated carbocycles. The summed E-state index contributed by atoms with van der Waals surface area (Å²) >= 11 is 0. The van der Waals surface area contributed by atoms with Gasteiger partial charge in [-0.15, -0.1) is 0 Å². The smallest absolute Gasteiger partial charge is 0.0600 e. The molecule has 0 spiro atoms. The third-order valence-corrected chi connectivity index (χ3v) is 18.4. The molecular weight excluding hydrogens is 621 g/mol. The van der Waals surface area contributed by atoms with Gasteiger partial charge in [0.2, 0.25) is 0 Å². The predicted octanol–water partition coefficient (Wildman–Crippen LogP) is 10.7. The lowest BCUT2D eigenvalue weighted by atomic mass is 9.64. The van der Waals surface area contributed by atoms with Gasteiger partial charge in [-0.25, -0.2) is 0 Å². The molecule has 9 aliphatic rings. The third-order valence-electron chi connectivity index (χ3n) is 18.4. The molecule has 290 valence electrons. The van der Waals surface area contributed by atoms with Gasteiger partial charge in [-0.1, -0.05) is 58.3 Å². The highest BCUT2D eigenvalue weighted by molar-refractivity contribution is 5.07. The molecule has 7 aliphatic carbocycles. The molecule has 0 aromatic heterocycles. The highest BCUT2D eigenvalue weighted by atomic mass is 15.3. The van der Waals surface area contributed by atoms with E-state index >= 15 is 0 Å². The summed E-state index contributed by atoms with van der Waals surface area (Å²) < 4.78 is 0. The Balaban J connectivity index is 0.801. The van der Waals surface area contributed by atoms with E-state index in [1.54, 1.807) is 38.5 Å². The average molecular weight is 703 g/mol. The summed E-state index contributed by atoms with van der Waals surface area (Å²) in [7, 11) is 0. The number of fused-ring (bicyclic) bond motifs is 3. The number of likely N-dealkylation sites (tertiary alicyclic amines) is 1. The standard InChI is InChI=1S/C47H82N4/c1-33-31-41(26-27-42(33)35-17-19-36(20-18-35)47-48-29-10-30-49-47)51-45-16-9-8-15-43(45)44-32-37(23-28-46(44)51)34-21-24-40(25-22-34)50(38-11-4-2-5-12-38)39-13-6-3-7-14-39/h33-49H,2-32H2,1H3. The Labute approximate surface area is 315 Å². The summed E-state index contributed by atoms with van der Waals surface area (Å²) in [6.45, 7) is 5.15. The molecule has 8 unspecified atom stereocenters. The Hall–Kier alpha value is -0.160. The fraction of sp³-hybridized carbons (Fsp3) is 1.00. The van der Waals surface area contributed by atoms with E-state index in [0.29, 0.717) is 6.17 Å². The first-order valence-corrected chi connectivity index (χ1v) is 24.2. The van der Waals surface area contributed by atoms with Crippen LogP contribution in [0.15, 0.2) is 0 Å². The Morgan fingerprint density at radius 1 is 0.412 bits per heavy atom. The Morgan fingerprint density at radius 2 is 0.980 bits per heavy atom. The SMILES string of the molecule is CC1CC(N2C3CCCCC3C3CC(C4CCC(N(C5CCCCC5)C5CCCCC5)CC4)CCC32)CCC1C1CCC(C2NCCCN2)CC1. The Kier molecular flexibility index (Phi) is 12.1. The molecule has 0 aromatic carbocycles. The van der Waals surface area contributed by atoms with Crippen LogP contribution >= 0.6 is 0 Å². The zero-order valence-corrected chi connectivity index (χ0v) is 33.5. The average Bonchev–Trinajstić information content (AvgIpc) is 3.53. The zero-order chi connectivity index (χ0) is 34.1. The van der Waals surface area contributed by atoms with Crippen LogP contribution in [0.1, 0.15) is 193 Å². The van der Waals surface area contributed by atoms with Crippen molar-refractivity contribution < 1.29 is 0 Å². The van der Waals surface area contributed by atoms with E-state index in [2.05, 4.69) is 27.4 Å². The van der Waals surface area contributed by atoms with Crippen LogP contribution in [0.25, 0.3) is 0 Å². The van der Waals surface area contributed by atoms with Gasteiger partial charge in [-0.2, -0.15) is 0 Å². The minimum absolute atomic E-state index is 0.604. The molecule has 51 heavy (non-hydrogen) atoms. The highest BCUT2D eigenvalue weighted by Crippen LogP contribution is 2.55. The maximum Gasteiger partial charge on any atom is 0.0600 e. The van der Waals surface area contributed by atoms with Gasteiger partial charge in [-0.05, 0) is 195 Å². The molecule has 0 aromatic rings. The second-order valence-electron chi connectivity index (χ2n) is 20.9. The minimum Gasteiger partial charge on any atom is -0.302 e. The minimum atomic E-state index is 0.604. The first-order valence-electron chi connectivity index (χ1n) is 24.2. The Morgan fingerprint density at radius 3 is 1.67 bits per heavy atom. The normalized spacial score (nSPS) is 45.8. The van der Waals surface area contributed by atoms with E-state index in [1.165, 1.54) is 161 Å². The third kappa shape index (κ3) is 7.81. The van der Waals surface area contributed by atoms with Gasteiger partial charge >= 0.3 is 0 Å². The second kappa shape index (κ2) is 16.9. The van der Waals surface area contributed by atoms with Gasteiger partial charge in [0.25, 0.3) is 0 Å². The molecule has 8 atom stereocenters. The number of rotatable bonds is 7. The molecule has 4 heteroatoms. The largest absolute Gasteiger partial charge is 0.302 e. The van der Waals surface area contributed by atoms with Crippen LogP contribution in [0, 0.1) is 47.3 Å². The van der Waals surface area contributed by atoms with Crippen LogP contribution in [-0.2, 0) is 0 Å². The summed E-state index contributed by atoms with van der Waals surface area (Å²) in [5.74, 6) is 8.01. The van der Waals surface area contributed by atoms with Gasteiger partial charge in [0.15, 0.2) is 0 Å². The van der Waals surface area contributed by atoms with E-state index in [0.717, 1.165) is 83.6 Å². The van der Waals surface area contributed by atoms with E-state index in [1.807, 2.05) is 0 Å². The first kappa shape index (κ1) is 36.5. The molecule has 2 N–H and O–H groups in total. The number of nitrogens with zero attached hydrogens (tertiary/aromatic N) is 2. The van der Waals surface area contributed by atoms with Gasteiger partial charge in [-0.3, -0.25) is 9.80 Å². The maximum atomic E-state index is 3.81. The number of hydrogen-bond acceptors (Lipinski definition) is 4. The first-order chi connectivity index (χ1) is 25.2. The monoisotopic (exact) mass is 703 g/mol. The molecular formula is C47H82N4. The van der Waals surface area contributed by atoms with E-state index in [-0.39, 0.29) is 0 Å². The lowest BCUT2D eigenvalue weighted by Crippen LogP contribution is -2.53.